The van der Waals surface area contributed by atoms with E-state index < -0.39 is 0 Å². The van der Waals surface area contributed by atoms with E-state index in [-0.39, 0.29) is 0 Å². The molecular formula is C18H28O3. The molecule has 0 spiro atoms. The van der Waals surface area contributed by atoms with E-state index in [9.17, 15) is 4.79 Å². The Morgan fingerprint density at radius 2 is 1.57 bits per heavy atom. The summed E-state index contributed by atoms with van der Waals surface area (Å²) in [5, 5.41) is 0. The number of hydrogen-bond acceptors (Lipinski definition) is 3. The zero-order valence-corrected chi connectivity index (χ0v) is 13.4. The highest BCUT2D eigenvalue weighted by Gasteiger charge is 2.06. The Balaban J connectivity index is 2.40. The molecule has 0 bridgehead atoms. The van der Waals surface area contributed by atoms with Gasteiger partial charge in [0.2, 0.25) is 0 Å². The van der Waals surface area contributed by atoms with Crippen LogP contribution in [0.1, 0.15) is 69.2 Å². The van der Waals surface area contributed by atoms with Gasteiger partial charge in [0.05, 0.1) is 13.2 Å². The zero-order valence-electron chi connectivity index (χ0n) is 13.4. The summed E-state index contributed by atoms with van der Waals surface area (Å²) in [5.41, 5.74) is 0.619. The van der Waals surface area contributed by atoms with Crippen LogP contribution in [0.3, 0.4) is 0 Å². The second-order valence-corrected chi connectivity index (χ2v) is 5.29. The maximum atomic E-state index is 10.8. The van der Waals surface area contributed by atoms with Crippen LogP contribution >= 0.6 is 0 Å². The zero-order chi connectivity index (χ0) is 15.3. The summed E-state index contributed by atoms with van der Waals surface area (Å²) in [5.74, 6) is 1.41. The second kappa shape index (κ2) is 11.2. The van der Waals surface area contributed by atoms with Gasteiger partial charge >= 0.3 is 0 Å². The first-order chi connectivity index (χ1) is 10.3. The van der Waals surface area contributed by atoms with Crippen molar-refractivity contribution in [2.75, 3.05) is 13.2 Å². The molecule has 0 aliphatic rings. The summed E-state index contributed by atoms with van der Waals surface area (Å²) < 4.78 is 11.5. The molecule has 0 aromatic heterocycles. The number of benzene rings is 1. The van der Waals surface area contributed by atoms with Crippen LogP contribution in [0.5, 0.6) is 11.5 Å². The monoisotopic (exact) mass is 292 g/mol. The fourth-order valence-corrected chi connectivity index (χ4v) is 2.11. The molecule has 0 N–H and O–H groups in total. The Hall–Kier alpha value is -1.51. The second-order valence-electron chi connectivity index (χ2n) is 5.29. The number of carbonyl (C=O) groups excluding carboxylic acids is 1. The van der Waals surface area contributed by atoms with Gasteiger partial charge in [0.1, 0.15) is 6.29 Å². The molecule has 118 valence electrons. The maximum Gasteiger partial charge on any atom is 0.161 e. The van der Waals surface area contributed by atoms with Gasteiger partial charge in [-0.15, -0.1) is 0 Å². The lowest BCUT2D eigenvalue weighted by Crippen LogP contribution is -2.02. The van der Waals surface area contributed by atoms with Crippen molar-refractivity contribution in [3.63, 3.8) is 0 Å². The van der Waals surface area contributed by atoms with Crippen LogP contribution in [-0.4, -0.2) is 19.5 Å². The minimum absolute atomic E-state index is 0.619. The SMILES string of the molecule is CCCCCCCCOc1ccc(C=O)cc1OCCC. The van der Waals surface area contributed by atoms with Crippen molar-refractivity contribution >= 4 is 6.29 Å². The number of carbonyl (C=O) groups is 1. The Morgan fingerprint density at radius 3 is 2.29 bits per heavy atom. The highest BCUT2D eigenvalue weighted by molar-refractivity contribution is 5.76. The van der Waals surface area contributed by atoms with Crippen LogP contribution in [0.25, 0.3) is 0 Å². The molecule has 0 atom stereocenters. The van der Waals surface area contributed by atoms with Gasteiger partial charge in [-0.25, -0.2) is 0 Å². The molecule has 0 saturated heterocycles. The Bertz CT molecular complexity index is 401. The van der Waals surface area contributed by atoms with E-state index in [2.05, 4.69) is 13.8 Å². The predicted octanol–water partition coefficient (Wildman–Crippen LogP) is 5.03. The van der Waals surface area contributed by atoms with E-state index in [1.54, 1.807) is 12.1 Å². The highest BCUT2D eigenvalue weighted by atomic mass is 16.5. The first-order valence-electron chi connectivity index (χ1n) is 8.16. The molecule has 0 unspecified atom stereocenters. The average molecular weight is 292 g/mol. The van der Waals surface area contributed by atoms with Crippen LogP contribution < -0.4 is 9.47 Å². The molecule has 1 aromatic carbocycles. The van der Waals surface area contributed by atoms with Gasteiger partial charge in [-0.2, -0.15) is 0 Å². The fourth-order valence-electron chi connectivity index (χ4n) is 2.11. The fraction of sp³-hybridized carbons (Fsp3) is 0.611. The van der Waals surface area contributed by atoms with Gasteiger partial charge in [0.25, 0.3) is 0 Å². The molecule has 1 rings (SSSR count). The minimum Gasteiger partial charge on any atom is -0.490 e. The molecule has 21 heavy (non-hydrogen) atoms. The van der Waals surface area contributed by atoms with Crippen molar-refractivity contribution in [3.8, 4) is 11.5 Å². The largest absolute Gasteiger partial charge is 0.490 e. The van der Waals surface area contributed by atoms with Crippen LogP contribution in [0.2, 0.25) is 0 Å². The molecule has 0 heterocycles. The van der Waals surface area contributed by atoms with Crippen molar-refractivity contribution < 1.29 is 14.3 Å². The lowest BCUT2D eigenvalue weighted by atomic mass is 10.1. The van der Waals surface area contributed by atoms with E-state index in [0.717, 1.165) is 24.9 Å². The lowest BCUT2D eigenvalue weighted by molar-refractivity contribution is 0.112. The number of aldehydes is 1. The Labute approximate surface area is 128 Å². The molecule has 0 fully saturated rings. The molecular weight excluding hydrogens is 264 g/mol. The summed E-state index contributed by atoms with van der Waals surface area (Å²) >= 11 is 0. The molecule has 0 radical (unpaired) electrons. The Kier molecular flexibility index (Phi) is 9.34. The van der Waals surface area contributed by atoms with E-state index in [0.29, 0.717) is 24.5 Å². The van der Waals surface area contributed by atoms with Crippen molar-refractivity contribution in [2.24, 2.45) is 0 Å². The highest BCUT2D eigenvalue weighted by Crippen LogP contribution is 2.28. The summed E-state index contributed by atoms with van der Waals surface area (Å²) in [7, 11) is 0. The first kappa shape index (κ1) is 17.5. The predicted molar refractivity (Wildman–Crippen MR) is 86.5 cm³/mol. The number of rotatable bonds is 12. The summed E-state index contributed by atoms with van der Waals surface area (Å²) in [4.78, 5) is 10.8. The van der Waals surface area contributed by atoms with E-state index in [1.807, 2.05) is 6.07 Å². The molecule has 0 aliphatic carbocycles. The first-order valence-corrected chi connectivity index (χ1v) is 8.16. The van der Waals surface area contributed by atoms with Gasteiger partial charge in [-0.1, -0.05) is 46.0 Å². The number of hydrogen-bond donors (Lipinski definition) is 0. The lowest BCUT2D eigenvalue weighted by Gasteiger charge is -2.12. The third kappa shape index (κ3) is 7.16. The quantitative estimate of drug-likeness (QED) is 0.400. The molecule has 0 saturated carbocycles. The third-order valence-corrected chi connectivity index (χ3v) is 3.32. The van der Waals surface area contributed by atoms with E-state index >= 15 is 0 Å². The third-order valence-electron chi connectivity index (χ3n) is 3.32. The van der Waals surface area contributed by atoms with Crippen molar-refractivity contribution in [1.82, 2.24) is 0 Å². The van der Waals surface area contributed by atoms with Gasteiger partial charge in [-0.3, -0.25) is 4.79 Å². The van der Waals surface area contributed by atoms with Gasteiger partial charge < -0.3 is 9.47 Å². The van der Waals surface area contributed by atoms with Crippen molar-refractivity contribution in [3.05, 3.63) is 23.8 Å². The van der Waals surface area contributed by atoms with Crippen LogP contribution in [-0.2, 0) is 0 Å². The maximum absolute atomic E-state index is 10.8. The molecule has 3 nitrogen and oxygen atoms in total. The van der Waals surface area contributed by atoms with Crippen molar-refractivity contribution in [1.29, 1.82) is 0 Å². The van der Waals surface area contributed by atoms with Crippen LogP contribution in [0.4, 0.5) is 0 Å². The molecule has 0 amide bonds. The number of ether oxygens (including phenoxy) is 2. The van der Waals surface area contributed by atoms with Gasteiger partial charge in [0.15, 0.2) is 11.5 Å². The Morgan fingerprint density at radius 1 is 0.857 bits per heavy atom. The van der Waals surface area contributed by atoms with Gasteiger partial charge in [0, 0.05) is 5.56 Å². The van der Waals surface area contributed by atoms with Crippen LogP contribution in [0.15, 0.2) is 18.2 Å². The van der Waals surface area contributed by atoms with Crippen molar-refractivity contribution in [2.45, 2.75) is 58.8 Å². The average Bonchev–Trinajstić information content (AvgIpc) is 2.52. The normalized spacial score (nSPS) is 10.4. The molecule has 3 heteroatoms. The molecule has 0 aliphatic heterocycles. The van der Waals surface area contributed by atoms with E-state index in [1.165, 1.54) is 32.1 Å². The minimum atomic E-state index is 0.619. The number of unbranched alkanes of at least 4 members (excludes halogenated alkanes) is 5. The molecule has 1 aromatic rings. The topological polar surface area (TPSA) is 35.5 Å². The summed E-state index contributed by atoms with van der Waals surface area (Å²) in [6, 6.07) is 5.34. The van der Waals surface area contributed by atoms with Crippen LogP contribution in [0, 0.1) is 0 Å². The summed E-state index contributed by atoms with van der Waals surface area (Å²) in [6.07, 6.45) is 9.22. The van der Waals surface area contributed by atoms with Gasteiger partial charge in [-0.05, 0) is 31.0 Å². The van der Waals surface area contributed by atoms with E-state index in [4.69, 9.17) is 9.47 Å². The smallest absolute Gasteiger partial charge is 0.161 e. The standard InChI is InChI=1S/C18H28O3/c1-3-5-6-7-8-9-13-21-17-11-10-16(15-19)14-18(17)20-12-4-2/h10-11,14-15H,3-9,12-13H2,1-2H3. The summed E-state index contributed by atoms with van der Waals surface area (Å²) in [6.45, 7) is 5.62.